The van der Waals surface area contributed by atoms with E-state index in [1.165, 1.54) is 15.9 Å². The maximum absolute atomic E-state index is 14.2. The van der Waals surface area contributed by atoms with Crippen LogP contribution in [0.5, 0.6) is 0 Å². The number of amides is 1. The van der Waals surface area contributed by atoms with Gasteiger partial charge in [0.1, 0.15) is 5.82 Å². The number of hydrogen-bond donors (Lipinski definition) is 2. The lowest BCUT2D eigenvalue weighted by atomic mass is 10.1. The van der Waals surface area contributed by atoms with Gasteiger partial charge in [0, 0.05) is 28.9 Å². The van der Waals surface area contributed by atoms with Crippen molar-refractivity contribution in [1.29, 1.82) is 0 Å². The molecule has 11 heteroatoms. The summed E-state index contributed by atoms with van der Waals surface area (Å²) in [5.41, 5.74) is 10.6. The summed E-state index contributed by atoms with van der Waals surface area (Å²) in [5.74, 6) is 5.70. The van der Waals surface area contributed by atoms with Crippen LogP contribution in [0.3, 0.4) is 0 Å². The molecule has 3 heterocycles. The molecule has 0 aliphatic heterocycles. The molecule has 0 radical (unpaired) electrons. The zero-order valence-electron chi connectivity index (χ0n) is 23.4. The number of nitrogens with zero attached hydrogens (tertiary/aromatic N) is 6. The summed E-state index contributed by atoms with van der Waals surface area (Å²) in [4.78, 5) is 49.0. The van der Waals surface area contributed by atoms with E-state index in [1.54, 1.807) is 73.5 Å². The lowest BCUT2D eigenvalue weighted by Crippen LogP contribution is -2.34. The number of carbonyl (C=O) groups is 1. The number of aliphatic imine (C=N–C) groups is 2. The first kappa shape index (κ1) is 28.8. The highest BCUT2D eigenvalue weighted by Gasteiger charge is 2.23. The molecule has 5 rings (SSSR count). The molecule has 3 aromatic heterocycles. The Labute approximate surface area is 251 Å². The summed E-state index contributed by atoms with van der Waals surface area (Å²) >= 11 is 1.40. The average molecular weight is 587 g/mol. The van der Waals surface area contributed by atoms with Crippen molar-refractivity contribution in [2.24, 2.45) is 15.7 Å². The van der Waals surface area contributed by atoms with Crippen molar-refractivity contribution < 1.29 is 4.79 Å². The lowest BCUT2D eigenvalue weighted by Gasteiger charge is -2.20. The molecule has 0 bridgehead atoms. The Morgan fingerprint density at radius 3 is 2.63 bits per heavy atom. The van der Waals surface area contributed by atoms with Crippen molar-refractivity contribution in [2.45, 2.75) is 19.9 Å². The number of thiazole rings is 1. The van der Waals surface area contributed by atoms with E-state index in [-0.39, 0.29) is 17.1 Å². The Bertz CT molecular complexity index is 1990. The summed E-state index contributed by atoms with van der Waals surface area (Å²) in [5, 5.41) is 5.04. The van der Waals surface area contributed by atoms with Crippen LogP contribution in [0.4, 0.5) is 0 Å². The van der Waals surface area contributed by atoms with E-state index in [0.717, 1.165) is 0 Å². The van der Waals surface area contributed by atoms with E-state index in [4.69, 9.17) is 10.7 Å². The molecule has 0 fully saturated rings. The molecule has 1 amide bonds. The van der Waals surface area contributed by atoms with E-state index in [0.29, 0.717) is 44.9 Å². The van der Waals surface area contributed by atoms with Crippen molar-refractivity contribution in [3.63, 3.8) is 0 Å². The van der Waals surface area contributed by atoms with Crippen LogP contribution in [0.25, 0.3) is 16.6 Å². The predicted octanol–water partition coefficient (Wildman–Crippen LogP) is 4.15. The first-order valence-corrected chi connectivity index (χ1v) is 14.1. The fraction of sp³-hybridized carbons (Fsp3) is 0.0938. The molecular weight excluding hydrogens is 560 g/mol. The zero-order chi connectivity index (χ0) is 30.3. The Hall–Kier alpha value is -5.73. The molecule has 10 nitrogen and oxygen atoms in total. The quantitative estimate of drug-likeness (QED) is 0.167. The van der Waals surface area contributed by atoms with E-state index in [1.807, 2.05) is 24.3 Å². The van der Waals surface area contributed by atoms with Gasteiger partial charge in [-0.25, -0.2) is 20.0 Å². The SMILES string of the molecule is C=N/C(N)=C(\N=C(/C)c1cscn1)C(=O)N[C@@H](C)c1nc2cccc(C#Cc3cccnc3)c2c(=O)n1-c1ccccc1. The topological polar surface area (TPSA) is 141 Å². The largest absolute Gasteiger partial charge is 0.382 e. The normalized spacial score (nSPS) is 12.6. The number of hydrogen-bond acceptors (Lipinski definition) is 9. The molecule has 0 unspecified atom stereocenters. The third-order valence-corrected chi connectivity index (χ3v) is 6.97. The maximum Gasteiger partial charge on any atom is 0.274 e. The molecule has 212 valence electrons. The molecule has 0 saturated carbocycles. The zero-order valence-corrected chi connectivity index (χ0v) is 24.2. The van der Waals surface area contributed by atoms with E-state index in [9.17, 15) is 9.59 Å². The smallest absolute Gasteiger partial charge is 0.274 e. The minimum absolute atomic E-state index is 0.130. The molecule has 0 aliphatic carbocycles. The van der Waals surface area contributed by atoms with Crippen LogP contribution in [0.15, 0.2) is 110 Å². The fourth-order valence-corrected chi connectivity index (χ4v) is 4.89. The Morgan fingerprint density at radius 2 is 1.93 bits per heavy atom. The van der Waals surface area contributed by atoms with Crippen molar-refractivity contribution >= 4 is 40.6 Å². The van der Waals surface area contributed by atoms with E-state index in [2.05, 4.69) is 43.8 Å². The number of pyridine rings is 1. The average Bonchev–Trinajstić information content (AvgIpc) is 3.58. The van der Waals surface area contributed by atoms with Gasteiger partial charge in [0.2, 0.25) is 0 Å². The molecule has 43 heavy (non-hydrogen) atoms. The summed E-state index contributed by atoms with van der Waals surface area (Å²) < 4.78 is 1.48. The molecular formula is C32H26N8O2S. The van der Waals surface area contributed by atoms with Gasteiger partial charge in [0.05, 0.1) is 39.5 Å². The summed E-state index contributed by atoms with van der Waals surface area (Å²) in [6.07, 6.45) is 3.32. The number of rotatable bonds is 7. The van der Waals surface area contributed by atoms with Gasteiger partial charge in [-0.15, -0.1) is 11.3 Å². The Morgan fingerprint density at radius 1 is 1.12 bits per heavy atom. The number of para-hydroxylation sites is 1. The molecule has 2 aromatic carbocycles. The number of fused-ring (bicyclic) bond motifs is 1. The predicted molar refractivity (Wildman–Crippen MR) is 169 cm³/mol. The Balaban J connectivity index is 1.60. The molecule has 3 N–H and O–H groups in total. The summed E-state index contributed by atoms with van der Waals surface area (Å²) in [6, 6.07) is 17.3. The highest BCUT2D eigenvalue weighted by Crippen LogP contribution is 2.21. The Kier molecular flexibility index (Phi) is 8.60. The van der Waals surface area contributed by atoms with Crippen LogP contribution in [-0.4, -0.2) is 37.9 Å². The molecule has 1 atom stereocenters. The number of carbonyl (C=O) groups excluding carboxylic acids is 1. The van der Waals surface area contributed by atoms with Crippen molar-refractivity contribution in [2.75, 3.05) is 0 Å². The third-order valence-electron chi connectivity index (χ3n) is 6.39. The number of benzene rings is 2. The minimum Gasteiger partial charge on any atom is -0.382 e. The lowest BCUT2D eigenvalue weighted by molar-refractivity contribution is -0.118. The second-order valence-electron chi connectivity index (χ2n) is 9.30. The first-order valence-electron chi connectivity index (χ1n) is 13.1. The van der Waals surface area contributed by atoms with E-state index < -0.39 is 11.9 Å². The third kappa shape index (κ3) is 6.29. The number of nitrogens with one attached hydrogen (secondary N) is 1. The second-order valence-corrected chi connectivity index (χ2v) is 10.0. The number of nitrogens with two attached hydrogens (primary N) is 1. The van der Waals surface area contributed by atoms with Gasteiger partial charge in [-0.05, 0) is 57.0 Å². The summed E-state index contributed by atoms with van der Waals surface area (Å²) in [7, 11) is 0. The fourth-order valence-electron chi connectivity index (χ4n) is 4.29. The van der Waals surface area contributed by atoms with Crippen LogP contribution in [0.2, 0.25) is 0 Å². The van der Waals surface area contributed by atoms with Gasteiger partial charge in [0.15, 0.2) is 11.5 Å². The highest BCUT2D eigenvalue weighted by molar-refractivity contribution is 7.07. The van der Waals surface area contributed by atoms with Crippen LogP contribution in [0, 0.1) is 11.8 Å². The molecule has 0 saturated heterocycles. The van der Waals surface area contributed by atoms with Crippen LogP contribution >= 0.6 is 11.3 Å². The maximum atomic E-state index is 14.2. The van der Waals surface area contributed by atoms with Crippen LogP contribution in [0.1, 0.15) is 42.5 Å². The van der Waals surface area contributed by atoms with Crippen molar-refractivity contribution in [3.05, 3.63) is 128 Å². The van der Waals surface area contributed by atoms with Gasteiger partial charge in [-0.2, -0.15) is 0 Å². The van der Waals surface area contributed by atoms with Gasteiger partial charge < -0.3 is 11.1 Å². The van der Waals surface area contributed by atoms with Gasteiger partial charge in [-0.3, -0.25) is 19.1 Å². The van der Waals surface area contributed by atoms with Gasteiger partial charge in [0.25, 0.3) is 11.5 Å². The van der Waals surface area contributed by atoms with Crippen molar-refractivity contribution in [1.82, 2.24) is 24.8 Å². The van der Waals surface area contributed by atoms with Crippen LogP contribution in [-0.2, 0) is 4.79 Å². The van der Waals surface area contributed by atoms with Crippen molar-refractivity contribution in [3.8, 4) is 17.5 Å². The van der Waals surface area contributed by atoms with E-state index >= 15 is 0 Å². The second kappa shape index (κ2) is 12.8. The molecule has 5 aromatic rings. The molecule has 0 aliphatic rings. The van der Waals surface area contributed by atoms with Gasteiger partial charge >= 0.3 is 0 Å². The first-order chi connectivity index (χ1) is 20.9. The monoisotopic (exact) mass is 586 g/mol. The van der Waals surface area contributed by atoms with Gasteiger partial charge in [-0.1, -0.05) is 36.1 Å². The highest BCUT2D eigenvalue weighted by atomic mass is 32.1. The summed E-state index contributed by atoms with van der Waals surface area (Å²) in [6.45, 7) is 6.89. The van der Waals surface area contributed by atoms with Crippen LogP contribution < -0.4 is 16.6 Å². The standard InChI is InChI=1S/C32H26N8O2S/c1-20(26-18-43-19-36-26)37-28(29(33)34-3)31(41)38-21(2)30-39-25-13-7-10-23(15-14-22-9-8-16-35-17-22)27(25)32(42)40(30)24-11-5-4-6-12-24/h4-13,16-19,21H,3,33H2,1-2H3,(H,38,41)/b29-28-,37-20+/t21-/m0/s1. The minimum atomic E-state index is -0.752. The number of aromatic nitrogens is 4. The molecule has 0 spiro atoms.